The fraction of sp³-hybridized carbons (Fsp3) is 0.192. The lowest BCUT2D eigenvalue weighted by Crippen LogP contribution is -2.58. The van der Waals surface area contributed by atoms with Crippen LogP contribution in [0.15, 0.2) is 71.9 Å². The van der Waals surface area contributed by atoms with E-state index < -0.39 is 11.6 Å². The van der Waals surface area contributed by atoms with Crippen LogP contribution in [0.3, 0.4) is 0 Å². The molecule has 1 aliphatic heterocycles. The number of carbonyl (C=O) groups excluding carboxylic acids is 1. The Morgan fingerprint density at radius 1 is 1.06 bits per heavy atom. The molecule has 1 aliphatic rings. The molecule has 0 aliphatic carbocycles. The van der Waals surface area contributed by atoms with Crippen molar-refractivity contribution < 1.29 is 14.7 Å². The van der Waals surface area contributed by atoms with E-state index >= 15 is 0 Å². The Bertz CT molecular complexity index is 1440. The molecule has 5 rings (SSSR count). The summed E-state index contributed by atoms with van der Waals surface area (Å²) < 4.78 is 0. The number of carboxylic acid groups (broad SMARTS) is 1. The molecule has 0 spiro atoms. The van der Waals surface area contributed by atoms with E-state index in [1.807, 2.05) is 54.7 Å². The van der Waals surface area contributed by atoms with Gasteiger partial charge in [-0.2, -0.15) is 0 Å². The van der Waals surface area contributed by atoms with Crippen LogP contribution in [-0.4, -0.2) is 40.0 Å². The van der Waals surface area contributed by atoms with Gasteiger partial charge >= 0.3 is 6.09 Å². The number of H-pyrrole nitrogens is 1. The molecule has 8 nitrogen and oxygen atoms in total. The molecule has 5 N–H and O–H groups in total. The summed E-state index contributed by atoms with van der Waals surface area (Å²) in [6.07, 6.45) is 1.26. The lowest BCUT2D eigenvalue weighted by Gasteiger charge is -2.28. The first-order valence-corrected chi connectivity index (χ1v) is 11.1. The van der Waals surface area contributed by atoms with Gasteiger partial charge in [-0.15, -0.1) is 0 Å². The highest BCUT2D eigenvalue weighted by Crippen LogP contribution is 2.35. The number of para-hydroxylation sites is 1. The van der Waals surface area contributed by atoms with Crippen molar-refractivity contribution in [1.82, 2.24) is 15.6 Å². The van der Waals surface area contributed by atoms with E-state index in [0.717, 1.165) is 44.4 Å². The second kappa shape index (κ2) is 8.55. The van der Waals surface area contributed by atoms with Gasteiger partial charge in [0.2, 0.25) is 5.91 Å². The number of aliphatic imine (C=N–C) groups is 1. The van der Waals surface area contributed by atoms with Crippen molar-refractivity contribution in [3.63, 3.8) is 0 Å². The highest BCUT2D eigenvalue weighted by molar-refractivity contribution is 6.13. The van der Waals surface area contributed by atoms with Gasteiger partial charge in [-0.1, -0.05) is 42.5 Å². The molecular formula is C26H25N5O3. The van der Waals surface area contributed by atoms with Gasteiger partial charge in [0.25, 0.3) is 0 Å². The Labute approximate surface area is 196 Å². The Hall–Kier alpha value is -4.33. The van der Waals surface area contributed by atoms with Gasteiger partial charge in [-0.25, -0.2) is 9.79 Å². The van der Waals surface area contributed by atoms with Crippen molar-refractivity contribution in [3.05, 3.63) is 72.4 Å². The summed E-state index contributed by atoms with van der Waals surface area (Å²) in [6.45, 7) is 1.92. The average Bonchev–Trinajstić information content (AvgIpc) is 3.21. The highest BCUT2D eigenvalue weighted by atomic mass is 16.4. The summed E-state index contributed by atoms with van der Waals surface area (Å²) in [5, 5.41) is 21.2. The van der Waals surface area contributed by atoms with E-state index in [0.29, 0.717) is 13.0 Å². The lowest BCUT2D eigenvalue weighted by molar-refractivity contribution is -0.126. The number of hydrogen-bond acceptors (Lipinski definition) is 4. The SMILES string of the molecule is CC(Cc1c[nH]c2ccccc12)(NC(=O)O)C(=O)NCCC1=Nc2cccc3cccc(c23)N1. The average molecular weight is 456 g/mol. The Kier molecular flexibility index (Phi) is 5.41. The van der Waals surface area contributed by atoms with Crippen LogP contribution in [0, 0.1) is 0 Å². The normalized spacial score (nSPS) is 14.2. The maximum atomic E-state index is 13.1. The van der Waals surface area contributed by atoms with Crippen LogP contribution in [0.4, 0.5) is 16.2 Å². The van der Waals surface area contributed by atoms with E-state index in [1.165, 1.54) is 0 Å². The number of nitrogens with one attached hydrogen (secondary N) is 4. The van der Waals surface area contributed by atoms with Crippen LogP contribution >= 0.6 is 0 Å². The maximum absolute atomic E-state index is 13.1. The fourth-order valence-corrected chi connectivity index (χ4v) is 4.53. The molecule has 3 aromatic carbocycles. The molecule has 4 aromatic rings. The Balaban J connectivity index is 1.29. The third-order valence-electron chi connectivity index (χ3n) is 6.17. The summed E-state index contributed by atoms with van der Waals surface area (Å²) in [5.74, 6) is 0.357. The summed E-state index contributed by atoms with van der Waals surface area (Å²) in [5.41, 5.74) is 2.35. The van der Waals surface area contributed by atoms with Crippen molar-refractivity contribution in [1.29, 1.82) is 0 Å². The number of hydrogen-bond donors (Lipinski definition) is 5. The van der Waals surface area contributed by atoms with Crippen LogP contribution in [-0.2, 0) is 11.2 Å². The molecule has 172 valence electrons. The van der Waals surface area contributed by atoms with Crippen LogP contribution in [0.2, 0.25) is 0 Å². The van der Waals surface area contributed by atoms with Crippen molar-refractivity contribution in [2.75, 3.05) is 11.9 Å². The van der Waals surface area contributed by atoms with Crippen LogP contribution in [0.25, 0.3) is 21.7 Å². The monoisotopic (exact) mass is 455 g/mol. The lowest BCUT2D eigenvalue weighted by atomic mass is 9.91. The number of amidine groups is 1. The Morgan fingerprint density at radius 2 is 1.85 bits per heavy atom. The first-order chi connectivity index (χ1) is 16.4. The van der Waals surface area contributed by atoms with Crippen molar-refractivity contribution in [2.24, 2.45) is 4.99 Å². The Morgan fingerprint density at radius 3 is 2.68 bits per heavy atom. The maximum Gasteiger partial charge on any atom is 0.405 e. The molecule has 0 bridgehead atoms. The van der Waals surface area contributed by atoms with Crippen LogP contribution < -0.4 is 16.0 Å². The minimum absolute atomic E-state index is 0.212. The van der Waals surface area contributed by atoms with E-state index in [4.69, 9.17) is 4.99 Å². The summed E-state index contributed by atoms with van der Waals surface area (Å²) in [6, 6.07) is 19.8. The number of carbonyl (C=O) groups is 2. The number of benzene rings is 3. The number of anilines is 1. The van der Waals surface area contributed by atoms with Gasteiger partial charge in [0.05, 0.1) is 5.69 Å². The number of nitrogens with zero attached hydrogens (tertiary/aromatic N) is 1. The van der Waals surface area contributed by atoms with Gasteiger partial charge in [0.1, 0.15) is 11.4 Å². The summed E-state index contributed by atoms with van der Waals surface area (Å²) in [4.78, 5) is 32.5. The van der Waals surface area contributed by atoms with Gasteiger partial charge in [0.15, 0.2) is 0 Å². The van der Waals surface area contributed by atoms with Crippen LogP contribution in [0.1, 0.15) is 18.9 Å². The number of amides is 2. The minimum Gasteiger partial charge on any atom is -0.465 e. The second-order valence-corrected chi connectivity index (χ2v) is 8.67. The molecule has 2 amide bonds. The number of aromatic amines is 1. The smallest absolute Gasteiger partial charge is 0.405 e. The molecule has 0 fully saturated rings. The molecule has 1 unspecified atom stereocenters. The van der Waals surface area contributed by atoms with Gasteiger partial charge in [-0.05, 0) is 36.1 Å². The van der Waals surface area contributed by atoms with Crippen molar-refractivity contribution in [2.45, 2.75) is 25.3 Å². The molecule has 34 heavy (non-hydrogen) atoms. The standard InChI is InChI=1S/C26H25N5O3/c1-26(31-25(33)34,14-17-15-28-19-9-3-2-8-18(17)19)24(32)27-13-12-22-29-20-10-4-6-16-7-5-11-21(30-22)23(16)20/h2-11,15,28,31H,12-14H2,1H3,(H,27,32)(H,29,30)(H,33,34). The zero-order valence-electron chi connectivity index (χ0n) is 18.7. The third-order valence-corrected chi connectivity index (χ3v) is 6.17. The van der Waals surface area contributed by atoms with Crippen molar-refractivity contribution in [3.8, 4) is 0 Å². The molecule has 8 heteroatoms. The number of rotatable bonds is 7. The zero-order valence-corrected chi connectivity index (χ0v) is 18.7. The number of fused-ring (bicyclic) bond motifs is 1. The first-order valence-electron chi connectivity index (χ1n) is 11.1. The predicted molar refractivity (Wildman–Crippen MR) is 134 cm³/mol. The zero-order chi connectivity index (χ0) is 23.7. The summed E-state index contributed by atoms with van der Waals surface area (Å²) in [7, 11) is 0. The second-order valence-electron chi connectivity index (χ2n) is 8.67. The molecule has 0 radical (unpaired) electrons. The van der Waals surface area contributed by atoms with Gasteiger partial charge in [0, 0.05) is 47.6 Å². The highest BCUT2D eigenvalue weighted by Gasteiger charge is 2.36. The minimum atomic E-state index is -1.34. The molecule has 1 aromatic heterocycles. The fourth-order valence-electron chi connectivity index (χ4n) is 4.53. The summed E-state index contributed by atoms with van der Waals surface area (Å²) >= 11 is 0. The largest absolute Gasteiger partial charge is 0.465 e. The van der Waals surface area contributed by atoms with E-state index in [9.17, 15) is 14.7 Å². The third kappa shape index (κ3) is 4.05. The molecule has 1 atom stereocenters. The van der Waals surface area contributed by atoms with Gasteiger partial charge < -0.3 is 26.0 Å². The van der Waals surface area contributed by atoms with E-state index in [2.05, 4.69) is 33.1 Å². The first kappa shape index (κ1) is 21.5. The molecule has 2 heterocycles. The number of aromatic nitrogens is 1. The van der Waals surface area contributed by atoms with E-state index in [-0.39, 0.29) is 12.3 Å². The molecular weight excluding hydrogens is 430 g/mol. The molecule has 0 saturated heterocycles. The topological polar surface area (TPSA) is 119 Å². The van der Waals surface area contributed by atoms with Crippen LogP contribution in [0.5, 0.6) is 0 Å². The molecule has 0 saturated carbocycles. The van der Waals surface area contributed by atoms with E-state index in [1.54, 1.807) is 6.92 Å². The van der Waals surface area contributed by atoms with Crippen molar-refractivity contribution >= 4 is 50.9 Å². The quantitative estimate of drug-likeness (QED) is 0.281. The predicted octanol–water partition coefficient (Wildman–Crippen LogP) is 4.55. The van der Waals surface area contributed by atoms with Gasteiger partial charge in [-0.3, -0.25) is 4.79 Å².